The van der Waals surface area contributed by atoms with E-state index in [-0.39, 0.29) is 160 Å². The number of hydrogen-bond acceptors (Lipinski definition) is 32. The molecular weight excluding hydrogens is 2120 g/mol. The molecule has 7 aromatic rings. The molecule has 10 saturated heterocycles. The third kappa shape index (κ3) is 22.1. The number of aliphatic hydroxyl groups is 1. The summed E-state index contributed by atoms with van der Waals surface area (Å²) >= 11 is 9.93. The number of ketones is 4. The van der Waals surface area contributed by atoms with Crippen LogP contribution in [0.2, 0.25) is 0 Å². The predicted molar refractivity (Wildman–Crippen MR) is 545 cm³/mol. The summed E-state index contributed by atoms with van der Waals surface area (Å²) < 4.78 is 59.7. The van der Waals surface area contributed by atoms with E-state index in [1.165, 1.54) is 41.7 Å². The molecule has 22 atom stereocenters. The molecule has 2 spiro atoms. The summed E-state index contributed by atoms with van der Waals surface area (Å²) in [5.41, 5.74) is 7.76. The number of aliphatic hydroxyl groups excluding tert-OH is 1. The second kappa shape index (κ2) is 45.0. The van der Waals surface area contributed by atoms with Crippen LogP contribution in [0, 0.1) is 76.1 Å². The molecule has 8 N–H and O–H groups in total. The van der Waals surface area contributed by atoms with Gasteiger partial charge in [-0.05, 0) is 254 Å². The standard InChI is InChI=1S/C19H28O8.C19H20O3.C16H26O5.C15H10O5.C15H20O3.C10H8INO.C8H8O3.2C5H5NOS.Zn/c1-10-4-5-13-11(2)16(23-15(22)7-6-14(20)21)24-17-19(13)12(10)8-9-18(3,25-17)26-27-19;1-10-9-22-18-12-6-7-13-11(5-4-8-19(13,2)3)15(12)17(21)16(20)14(10)18;1-9-5-7-14(3)10(2)12(17)18-13-16(14)11(9)6-8-15(4,19-13)20-21-16;1-6-2-4-8(16)12-10(6)13(18)7-3-5-9(17)14(19)11(7)15(12)20;1-9-5-4-8-15(3)13(18-15)12-11(7-6-9)10(2)14(16)17-12;1-6-5-8(11)10(13)9-7(6)3-2-4-12-9;1-5-6-4-8(9)11-7(6)2-3-10-5;2*7-6-4-2-1-3-5(6)8;/h10-13,16-17H,4-9H2,1-3H3,(H,20,21);6-7,10H,4-5,8-9H2,1-3H3;9-13,17H,5-8H2,1-4H3;2-5,16-17,19H,1H3;5,11-13H,2,4,6-8H2,1,3H3;2-5,13H,1H3;2,4-5H,3H2,1H3;2*1-4,7H;/q;;;;;;;;;+2/p+2/b;;;;9-5+;;;;;/t10-,11-,12+,13+,16+,17-,18-,19-;;9-,10+,11+,12-,13-,14+,15-,16+;;11-,12-,13-,15+;;;;;/m0.0.0...../s1. The first-order valence-electron chi connectivity index (χ1n) is 50.6. The molecule has 0 amide bonds. The van der Waals surface area contributed by atoms with Gasteiger partial charge in [-0.3, -0.25) is 44.2 Å². The van der Waals surface area contributed by atoms with Gasteiger partial charge in [-0.1, -0.05) is 123 Å². The van der Waals surface area contributed by atoms with Crippen LogP contribution in [0.15, 0.2) is 172 Å². The Labute approximate surface area is 902 Å². The van der Waals surface area contributed by atoms with Gasteiger partial charge in [-0.25, -0.2) is 29.1 Å². The van der Waals surface area contributed by atoms with Crippen molar-refractivity contribution < 1.29 is 175 Å². The van der Waals surface area contributed by atoms with Gasteiger partial charge in [0.2, 0.25) is 47.6 Å². The maximum Gasteiger partial charge on any atom is 2.00 e. The number of halogens is 1. The number of nitrogens with zero attached hydrogens (tertiary/aromatic N) is 3. The first-order valence-corrected chi connectivity index (χ1v) is 52.6. The Kier molecular flexibility index (Phi) is 34.2. The third-order valence-electron chi connectivity index (χ3n) is 32.7. The average Bonchev–Trinajstić information content (AvgIpc) is 1.64. The summed E-state index contributed by atoms with van der Waals surface area (Å²) in [7, 11) is 0. The normalized spacial score (nSPS) is 32.8. The number of Topliss-reactive ketones (excluding diaryl/α,β-unsaturated/α-hetero) is 2. The summed E-state index contributed by atoms with van der Waals surface area (Å²) in [5, 5.41) is 77.6. The van der Waals surface area contributed by atoms with E-state index < -0.39 is 82.9 Å². The molecule has 0 radical (unpaired) electrons. The van der Waals surface area contributed by atoms with E-state index in [9.17, 15) is 63.9 Å². The first-order chi connectivity index (χ1) is 70.0. The van der Waals surface area contributed by atoms with Crippen molar-refractivity contribution in [2.24, 2.45) is 58.7 Å². The fourth-order valence-corrected chi connectivity index (χ4v) is 25.0. The van der Waals surface area contributed by atoms with Crippen LogP contribution in [0.5, 0.6) is 23.0 Å². The second-order valence-corrected chi connectivity index (χ2v) is 45.0. The van der Waals surface area contributed by atoms with Gasteiger partial charge in [0.05, 0.1) is 58.0 Å². The van der Waals surface area contributed by atoms with Crippen molar-refractivity contribution in [3.63, 3.8) is 0 Å². The Morgan fingerprint density at radius 1 is 0.638 bits per heavy atom. The number of epoxide rings is 1. The summed E-state index contributed by atoms with van der Waals surface area (Å²) in [6.07, 6.45) is 21.6. The quantitative estimate of drug-likeness (QED) is 0.00624. The zero-order chi connectivity index (χ0) is 107. The molecule has 16 heterocycles. The number of carboxylic acids is 1. The SMILES string of the molecule is C=C1C(=O)O[C@H]2[C@H]1CC/C(C)=C/CC[C@@]1(C)O[C@@H]21.CC1COC2=C1C(=O)C(=O)c1c2ccc2c1CCCC2(C)C.CC1OCC=C2OC(=O)C=C21.C[C@@H]1[C@@H](O)O[C@H]2O[C@]3(C)CC[C@@H]4[C@@H](C)CC[C@@]1(C)[C@]24OO3.C[C@@H]1[C@H](OC(=O)CCC(=O)O)O[C@H]2O[C@]3(C)CC[C@@H]4[C@@H](C)CC[C@H]1[C@]24OO3.Cc1cc(I)c(O)c2ncccc12.Cc1ccc(O)c2c1C(=O)c1ccc(O)c(O)c1C2=O.O[n+]1ccccc1S.O[n+]1ccccc1S.[Zn+2]. The average molecular weight is 2260 g/mol. The Morgan fingerprint density at radius 2 is 1.30 bits per heavy atom. The number of thiol groups is 2. The van der Waals surface area contributed by atoms with Crippen LogP contribution in [0.3, 0.4) is 0 Å². The Hall–Kier alpha value is -9.94. The number of rotatable bonds is 4. The minimum absolute atomic E-state index is 0. The minimum atomic E-state index is -1.03. The van der Waals surface area contributed by atoms with Gasteiger partial charge in [0.25, 0.3) is 10.1 Å². The number of carbonyl (C=O) groups is 8. The van der Waals surface area contributed by atoms with E-state index in [0.717, 1.165) is 137 Å². The number of esters is 3. The monoisotopic (exact) mass is 2250 g/mol. The van der Waals surface area contributed by atoms with Crippen molar-refractivity contribution in [3.8, 4) is 23.0 Å². The molecule has 4 bridgehead atoms. The number of hydrogen-bond donors (Lipinski definition) is 10. The first kappa shape index (κ1) is 113. The number of aryl methyl sites for hydroxylation is 2. The number of fused-ring (bicyclic) bond motifs is 15. The van der Waals surface area contributed by atoms with Gasteiger partial charge in [0.1, 0.15) is 35.0 Å². The molecule has 6 aliphatic carbocycles. The van der Waals surface area contributed by atoms with Crippen molar-refractivity contribution in [1.82, 2.24) is 4.98 Å². The van der Waals surface area contributed by atoms with E-state index in [4.69, 9.17) is 82.4 Å². The number of phenolic OH excluding ortho intramolecular Hbond substituents is 4. The molecule has 26 rings (SSSR count). The van der Waals surface area contributed by atoms with Gasteiger partial charge in [-0.2, -0.15) is 0 Å². The zero-order valence-electron chi connectivity index (χ0n) is 86.4. The molecule has 2 unspecified atom stereocenters. The Balaban J connectivity index is 0.000000128. The molecule has 792 valence electrons. The van der Waals surface area contributed by atoms with Crippen molar-refractivity contribution >= 4 is 112 Å². The fourth-order valence-electron chi connectivity index (χ4n) is 23.9. The molecule has 4 aromatic carbocycles. The Bertz CT molecular complexity index is 6460. The number of carboxylic acid groups (broad SMARTS) is 1. The number of aliphatic carboxylic acids is 1. The van der Waals surface area contributed by atoms with Gasteiger partial charge < -0.3 is 78.0 Å². The van der Waals surface area contributed by atoms with Crippen molar-refractivity contribution in [3.05, 3.63) is 222 Å². The summed E-state index contributed by atoms with van der Waals surface area (Å²) in [4.78, 5) is 123. The second-order valence-electron chi connectivity index (χ2n) is 42.9. The van der Waals surface area contributed by atoms with Gasteiger partial charge >= 0.3 is 43.4 Å². The maximum absolute atomic E-state index is 12.7. The fraction of sp³-hybridized carbons (Fsp3) is 0.509. The molecule has 3 aromatic heterocycles. The van der Waals surface area contributed by atoms with Crippen LogP contribution in [0.4, 0.5) is 0 Å². The molecule has 13 aliphatic heterocycles. The Morgan fingerprint density at radius 3 is 1.97 bits per heavy atom. The van der Waals surface area contributed by atoms with E-state index >= 15 is 0 Å². The van der Waals surface area contributed by atoms with Crippen molar-refractivity contribution in [2.75, 3.05) is 13.2 Å². The summed E-state index contributed by atoms with van der Waals surface area (Å²) in [6, 6.07) is 25.7. The van der Waals surface area contributed by atoms with Crippen LogP contribution in [0.1, 0.15) is 263 Å². The molecule has 33 nitrogen and oxygen atoms in total. The van der Waals surface area contributed by atoms with Crippen LogP contribution in [0.25, 0.3) is 16.7 Å². The maximum atomic E-state index is 12.7. The van der Waals surface area contributed by atoms with Gasteiger partial charge in [0.15, 0.2) is 53.1 Å². The number of benzene rings is 4. The van der Waals surface area contributed by atoms with Crippen LogP contribution in [-0.4, -0.2) is 178 Å². The molecule has 12 fully saturated rings. The molecule has 37 heteroatoms. The molecular formula is C112H132IN3O30S2Zn+4. The van der Waals surface area contributed by atoms with Crippen molar-refractivity contribution in [1.29, 1.82) is 0 Å². The zero-order valence-corrected chi connectivity index (χ0v) is 93.3. The third-order valence-corrected chi connectivity index (χ3v) is 34.3. The van der Waals surface area contributed by atoms with E-state index in [1.54, 1.807) is 61.7 Å². The number of ether oxygens (including phenoxy) is 10. The topological polar surface area (TPSA) is 452 Å². The number of phenols is 4. The van der Waals surface area contributed by atoms with E-state index in [2.05, 4.69) is 120 Å². The van der Waals surface area contributed by atoms with Crippen LogP contribution >= 0.6 is 47.8 Å². The molecule has 19 aliphatic rings. The summed E-state index contributed by atoms with van der Waals surface area (Å²) in [6.45, 7) is 35.6. The number of aromatic nitrogens is 3. The molecule has 2 saturated carbocycles. The van der Waals surface area contributed by atoms with Gasteiger partial charge in [-0.15, -0.1) is 0 Å². The number of allylic oxidation sites excluding steroid dienone is 2. The summed E-state index contributed by atoms with van der Waals surface area (Å²) in [5.74, 6) is -3.79. The van der Waals surface area contributed by atoms with E-state index in [1.807, 2.05) is 72.7 Å². The van der Waals surface area contributed by atoms with Crippen LogP contribution in [-0.2, 0) is 122 Å². The van der Waals surface area contributed by atoms with E-state index in [0.29, 0.717) is 86.7 Å². The smallest absolute Gasteiger partial charge is 0.507 e. The van der Waals surface area contributed by atoms with Crippen LogP contribution < -0.4 is 9.46 Å². The predicted octanol–water partition coefficient (Wildman–Crippen LogP) is 17.9. The van der Waals surface area contributed by atoms with Gasteiger partial charge in [0, 0.05) is 133 Å². The number of aromatic hydroxyl groups is 4. The number of pyridine rings is 3. The molecule has 149 heavy (non-hydrogen) atoms. The largest absolute Gasteiger partial charge is 2.00 e. The van der Waals surface area contributed by atoms with Crippen molar-refractivity contribution in [2.45, 2.75) is 300 Å². The minimum Gasteiger partial charge on any atom is -0.507 e. The number of carbonyl (C=O) groups excluding carboxylic acids is 7.